The van der Waals surface area contributed by atoms with E-state index < -0.39 is 0 Å². The molecule has 1 aliphatic rings. The molecule has 0 atom stereocenters. The molecule has 3 rings (SSSR count). The zero-order valence-corrected chi connectivity index (χ0v) is 8.49. The molecule has 0 saturated carbocycles. The molecular formula is C14H12O. The van der Waals surface area contributed by atoms with Crippen LogP contribution in [0.4, 0.5) is 0 Å². The Morgan fingerprint density at radius 2 is 1.93 bits per heavy atom. The molecule has 0 saturated heterocycles. The van der Waals surface area contributed by atoms with E-state index in [1.807, 2.05) is 0 Å². The fourth-order valence-corrected chi connectivity index (χ4v) is 2.22. The minimum atomic E-state index is 0.750. The van der Waals surface area contributed by atoms with Gasteiger partial charge in [0.25, 0.3) is 0 Å². The summed E-state index contributed by atoms with van der Waals surface area (Å²) in [5.41, 5.74) is 2.55. The lowest BCUT2D eigenvalue weighted by atomic mass is 9.94. The zero-order valence-electron chi connectivity index (χ0n) is 8.49. The van der Waals surface area contributed by atoms with Crippen LogP contribution in [0, 0.1) is 0 Å². The van der Waals surface area contributed by atoms with Crippen LogP contribution in [0.25, 0.3) is 16.5 Å². The molecule has 0 radical (unpaired) electrons. The molecule has 15 heavy (non-hydrogen) atoms. The fourth-order valence-electron chi connectivity index (χ4n) is 2.22. The molecule has 0 unspecified atom stereocenters. The van der Waals surface area contributed by atoms with Crippen molar-refractivity contribution < 1.29 is 4.74 Å². The first-order chi connectivity index (χ1) is 7.36. The highest BCUT2D eigenvalue weighted by Crippen LogP contribution is 2.30. The van der Waals surface area contributed by atoms with Gasteiger partial charge in [-0.05, 0) is 16.3 Å². The lowest BCUT2D eigenvalue weighted by Gasteiger charge is -2.20. The van der Waals surface area contributed by atoms with E-state index in [9.17, 15) is 0 Å². The Morgan fingerprint density at radius 1 is 1.07 bits per heavy atom. The molecule has 2 aromatic rings. The van der Waals surface area contributed by atoms with Gasteiger partial charge in [-0.25, -0.2) is 0 Å². The number of benzene rings is 2. The van der Waals surface area contributed by atoms with E-state index >= 15 is 0 Å². The quantitative estimate of drug-likeness (QED) is 0.627. The third-order valence-electron chi connectivity index (χ3n) is 2.97. The lowest BCUT2D eigenvalue weighted by Crippen LogP contribution is -2.08. The van der Waals surface area contributed by atoms with E-state index in [4.69, 9.17) is 4.74 Å². The predicted octanol–water partition coefficient (Wildman–Crippen LogP) is 3.38. The van der Waals surface area contributed by atoms with Crippen LogP contribution in [-0.2, 0) is 11.2 Å². The van der Waals surface area contributed by atoms with Gasteiger partial charge in [-0.15, -0.1) is 0 Å². The van der Waals surface area contributed by atoms with Crippen LogP contribution in [0.3, 0.4) is 0 Å². The Kier molecular flexibility index (Phi) is 1.78. The molecule has 1 nitrogen and oxygen atoms in total. The van der Waals surface area contributed by atoms with Crippen molar-refractivity contribution in [2.45, 2.75) is 6.42 Å². The minimum absolute atomic E-state index is 0.750. The second-order valence-corrected chi connectivity index (χ2v) is 3.83. The summed E-state index contributed by atoms with van der Waals surface area (Å²) >= 11 is 0. The first-order valence-corrected chi connectivity index (χ1v) is 5.19. The average molecular weight is 196 g/mol. The zero-order chi connectivity index (χ0) is 10.3. The van der Waals surface area contributed by atoms with Crippen molar-refractivity contribution in [3.8, 4) is 0 Å². The number of rotatable bonds is 0. The molecule has 0 fully saturated rings. The second kappa shape index (κ2) is 3.13. The standard InChI is InChI=1S/C14H12O/c1-10-12-7-6-11-4-2-3-5-13(11)14(12)8-9-15-10/h2-7H,1,8-9H2. The Bertz CT molecular complexity index is 540. The molecule has 0 amide bonds. The van der Waals surface area contributed by atoms with Crippen molar-refractivity contribution in [3.63, 3.8) is 0 Å². The van der Waals surface area contributed by atoms with Gasteiger partial charge in [0.15, 0.2) is 0 Å². The summed E-state index contributed by atoms with van der Waals surface area (Å²) < 4.78 is 5.46. The van der Waals surface area contributed by atoms with Crippen molar-refractivity contribution in [3.05, 3.63) is 54.1 Å². The average Bonchev–Trinajstić information content (AvgIpc) is 2.29. The molecule has 1 heterocycles. The van der Waals surface area contributed by atoms with Gasteiger partial charge in [-0.2, -0.15) is 0 Å². The summed E-state index contributed by atoms with van der Waals surface area (Å²) in [4.78, 5) is 0. The van der Waals surface area contributed by atoms with Crippen LogP contribution in [0.5, 0.6) is 0 Å². The van der Waals surface area contributed by atoms with Crippen molar-refractivity contribution in [1.29, 1.82) is 0 Å². The molecule has 1 heteroatoms. The monoisotopic (exact) mass is 196 g/mol. The van der Waals surface area contributed by atoms with E-state index in [1.54, 1.807) is 0 Å². The van der Waals surface area contributed by atoms with Crippen molar-refractivity contribution in [2.75, 3.05) is 6.61 Å². The number of hydrogen-bond donors (Lipinski definition) is 0. The van der Waals surface area contributed by atoms with Gasteiger partial charge in [0.2, 0.25) is 0 Å². The van der Waals surface area contributed by atoms with E-state index in [0.717, 1.165) is 18.8 Å². The van der Waals surface area contributed by atoms with E-state index in [-0.39, 0.29) is 0 Å². The predicted molar refractivity (Wildman–Crippen MR) is 62.6 cm³/mol. The molecule has 0 N–H and O–H groups in total. The maximum absolute atomic E-state index is 5.46. The van der Waals surface area contributed by atoms with E-state index in [1.165, 1.54) is 21.9 Å². The minimum Gasteiger partial charge on any atom is -0.493 e. The maximum Gasteiger partial charge on any atom is 0.119 e. The molecule has 0 spiro atoms. The smallest absolute Gasteiger partial charge is 0.119 e. The number of ether oxygens (including phenoxy) is 1. The highest BCUT2D eigenvalue weighted by atomic mass is 16.5. The van der Waals surface area contributed by atoms with Crippen molar-refractivity contribution in [1.82, 2.24) is 0 Å². The number of hydrogen-bond acceptors (Lipinski definition) is 1. The van der Waals surface area contributed by atoms with Crippen LogP contribution in [-0.4, -0.2) is 6.61 Å². The van der Waals surface area contributed by atoms with Gasteiger partial charge in [0.1, 0.15) is 5.76 Å². The second-order valence-electron chi connectivity index (χ2n) is 3.83. The summed E-state index contributed by atoms with van der Waals surface area (Å²) in [5.74, 6) is 0.807. The van der Waals surface area contributed by atoms with Crippen molar-refractivity contribution in [2.24, 2.45) is 0 Å². The van der Waals surface area contributed by atoms with Gasteiger partial charge in [-0.3, -0.25) is 0 Å². The van der Waals surface area contributed by atoms with Gasteiger partial charge < -0.3 is 4.74 Å². The number of fused-ring (bicyclic) bond motifs is 3. The molecule has 74 valence electrons. The SMILES string of the molecule is C=C1OCCc2c1ccc1ccccc21. The van der Waals surface area contributed by atoms with E-state index in [0.29, 0.717) is 0 Å². The lowest BCUT2D eigenvalue weighted by molar-refractivity contribution is 0.272. The van der Waals surface area contributed by atoms with Crippen LogP contribution in [0.15, 0.2) is 43.0 Å². The third kappa shape index (κ3) is 1.23. The van der Waals surface area contributed by atoms with Gasteiger partial charge >= 0.3 is 0 Å². The topological polar surface area (TPSA) is 9.23 Å². The highest BCUT2D eigenvalue weighted by molar-refractivity contribution is 5.90. The molecular weight excluding hydrogens is 184 g/mol. The summed E-state index contributed by atoms with van der Waals surface area (Å²) in [6.45, 7) is 4.69. The largest absolute Gasteiger partial charge is 0.493 e. The van der Waals surface area contributed by atoms with Gasteiger partial charge in [0, 0.05) is 12.0 Å². The Morgan fingerprint density at radius 3 is 2.87 bits per heavy atom. The molecule has 1 aliphatic heterocycles. The first-order valence-electron chi connectivity index (χ1n) is 5.19. The first kappa shape index (κ1) is 8.54. The summed E-state index contributed by atoms with van der Waals surface area (Å²) in [7, 11) is 0. The van der Waals surface area contributed by atoms with Crippen LogP contribution < -0.4 is 0 Å². The van der Waals surface area contributed by atoms with Gasteiger partial charge in [-0.1, -0.05) is 43.0 Å². The highest BCUT2D eigenvalue weighted by Gasteiger charge is 2.15. The third-order valence-corrected chi connectivity index (χ3v) is 2.97. The normalized spacial score (nSPS) is 14.8. The molecule has 2 aromatic carbocycles. The molecule has 0 bridgehead atoms. The van der Waals surface area contributed by atoms with Crippen LogP contribution >= 0.6 is 0 Å². The van der Waals surface area contributed by atoms with Gasteiger partial charge in [0.05, 0.1) is 6.61 Å². The summed E-state index contributed by atoms with van der Waals surface area (Å²) in [6, 6.07) is 12.7. The molecule has 0 aliphatic carbocycles. The Hall–Kier alpha value is -1.76. The van der Waals surface area contributed by atoms with E-state index in [2.05, 4.69) is 43.0 Å². The fraction of sp³-hybridized carbons (Fsp3) is 0.143. The van der Waals surface area contributed by atoms with Crippen LogP contribution in [0.1, 0.15) is 11.1 Å². The van der Waals surface area contributed by atoms with Crippen molar-refractivity contribution >= 4 is 16.5 Å². The Labute approximate surface area is 89.0 Å². The van der Waals surface area contributed by atoms with Crippen LogP contribution in [0.2, 0.25) is 0 Å². The molecule has 0 aromatic heterocycles. The summed E-state index contributed by atoms with van der Waals surface area (Å²) in [5, 5.41) is 2.63. The summed E-state index contributed by atoms with van der Waals surface area (Å²) in [6.07, 6.45) is 0.982. The maximum atomic E-state index is 5.46. The Balaban J connectivity index is 2.38.